The van der Waals surface area contributed by atoms with E-state index in [0.29, 0.717) is 48.4 Å². The fraction of sp³-hybridized carbons (Fsp3) is 0.333. The van der Waals surface area contributed by atoms with Gasteiger partial charge in [-0.2, -0.15) is 4.98 Å². The second-order valence-corrected chi connectivity index (χ2v) is 7.84. The lowest BCUT2D eigenvalue weighted by molar-refractivity contribution is -0.137. The standard InChI is InChI=1S/C24H26N4O5/c25-24(16-6-2-1-3-7-16)26-11-5-4-8-21-27-22(33-28-21)13-18(14-23(29)30)17-9-10-19-20(12-17)32-15-31-19/h1-3,6-7,9-10,12,18H,4-5,8,11,13-15H2,(H2,25,26)(H,29,30). The van der Waals surface area contributed by atoms with Crippen molar-refractivity contribution < 1.29 is 23.9 Å². The number of fused-ring (bicyclic) bond motifs is 1. The Morgan fingerprint density at radius 1 is 1.12 bits per heavy atom. The monoisotopic (exact) mass is 450 g/mol. The van der Waals surface area contributed by atoms with Gasteiger partial charge in [0.2, 0.25) is 12.7 Å². The van der Waals surface area contributed by atoms with Crippen LogP contribution in [-0.2, 0) is 17.6 Å². The first-order valence-electron chi connectivity index (χ1n) is 10.9. The van der Waals surface area contributed by atoms with E-state index in [9.17, 15) is 9.90 Å². The third-order valence-electron chi connectivity index (χ3n) is 5.41. The Hall–Kier alpha value is -3.88. The van der Waals surface area contributed by atoms with Crippen LogP contribution in [0.5, 0.6) is 11.5 Å². The number of carboxylic acid groups (broad SMARTS) is 1. The van der Waals surface area contributed by atoms with Gasteiger partial charge in [0.15, 0.2) is 17.3 Å². The van der Waals surface area contributed by atoms with Gasteiger partial charge in [-0.25, -0.2) is 0 Å². The lowest BCUT2D eigenvalue weighted by atomic mass is 9.92. The zero-order valence-corrected chi connectivity index (χ0v) is 18.1. The molecule has 172 valence electrons. The molecule has 0 saturated heterocycles. The van der Waals surface area contributed by atoms with Crippen molar-refractivity contribution in [2.24, 2.45) is 0 Å². The molecule has 1 aromatic heterocycles. The highest BCUT2D eigenvalue weighted by atomic mass is 16.7. The fourth-order valence-corrected chi connectivity index (χ4v) is 3.70. The molecule has 1 atom stereocenters. The Morgan fingerprint density at radius 3 is 2.76 bits per heavy atom. The van der Waals surface area contributed by atoms with Gasteiger partial charge in [-0.15, -0.1) is 0 Å². The number of rotatable bonds is 11. The lowest BCUT2D eigenvalue weighted by Crippen LogP contribution is -2.24. The minimum absolute atomic E-state index is 0.0591. The Morgan fingerprint density at radius 2 is 1.94 bits per heavy atom. The molecule has 1 aliphatic rings. The summed E-state index contributed by atoms with van der Waals surface area (Å²) >= 11 is 0. The predicted octanol–water partition coefficient (Wildman–Crippen LogP) is 3.54. The fourth-order valence-electron chi connectivity index (χ4n) is 3.70. The summed E-state index contributed by atoms with van der Waals surface area (Å²) in [6, 6.07) is 15.0. The molecule has 9 heteroatoms. The molecule has 0 radical (unpaired) electrons. The highest BCUT2D eigenvalue weighted by Crippen LogP contribution is 2.36. The molecule has 9 nitrogen and oxygen atoms in total. The van der Waals surface area contributed by atoms with Crippen molar-refractivity contribution in [1.82, 2.24) is 15.5 Å². The molecule has 2 heterocycles. The van der Waals surface area contributed by atoms with E-state index in [-0.39, 0.29) is 19.1 Å². The summed E-state index contributed by atoms with van der Waals surface area (Å²) in [4.78, 5) is 15.9. The van der Waals surface area contributed by atoms with E-state index in [2.05, 4.69) is 15.5 Å². The molecule has 3 aromatic rings. The Kier molecular flexibility index (Phi) is 7.19. The van der Waals surface area contributed by atoms with Crippen LogP contribution in [0.4, 0.5) is 0 Å². The van der Waals surface area contributed by atoms with Gasteiger partial charge in [0.25, 0.3) is 0 Å². The van der Waals surface area contributed by atoms with E-state index in [1.165, 1.54) is 0 Å². The van der Waals surface area contributed by atoms with Crippen molar-refractivity contribution in [3.63, 3.8) is 0 Å². The lowest BCUT2D eigenvalue weighted by Gasteiger charge is -2.13. The Balaban J connectivity index is 1.27. The highest BCUT2D eigenvalue weighted by molar-refractivity contribution is 5.96. The molecule has 0 fully saturated rings. The van der Waals surface area contributed by atoms with E-state index in [4.69, 9.17) is 19.4 Å². The second kappa shape index (κ2) is 10.6. The van der Waals surface area contributed by atoms with Crippen LogP contribution < -0.4 is 14.8 Å². The first-order chi connectivity index (χ1) is 16.1. The second-order valence-electron chi connectivity index (χ2n) is 7.84. The van der Waals surface area contributed by atoms with Gasteiger partial charge in [0.05, 0.1) is 6.42 Å². The average molecular weight is 450 g/mol. The maximum absolute atomic E-state index is 11.4. The molecule has 33 heavy (non-hydrogen) atoms. The van der Waals surface area contributed by atoms with Crippen LogP contribution in [0.25, 0.3) is 0 Å². The largest absolute Gasteiger partial charge is 0.481 e. The number of hydrogen-bond acceptors (Lipinski definition) is 7. The van der Waals surface area contributed by atoms with E-state index in [0.717, 1.165) is 24.0 Å². The summed E-state index contributed by atoms with van der Waals surface area (Å²) in [5.74, 6) is 1.47. The minimum atomic E-state index is -0.897. The van der Waals surface area contributed by atoms with Gasteiger partial charge in [-0.3, -0.25) is 10.2 Å². The van der Waals surface area contributed by atoms with Crippen LogP contribution in [0.2, 0.25) is 0 Å². The molecule has 3 N–H and O–H groups in total. The summed E-state index contributed by atoms with van der Waals surface area (Å²) in [7, 11) is 0. The number of aliphatic carboxylic acids is 1. The molecule has 0 bridgehead atoms. The number of nitrogens with one attached hydrogen (secondary N) is 2. The molecule has 0 spiro atoms. The molecule has 4 rings (SSSR count). The SMILES string of the molecule is N=C(NCCCCc1noc(CC(CC(=O)O)c2ccc3c(c2)OCO3)n1)c1ccccc1. The van der Waals surface area contributed by atoms with E-state index in [1.54, 1.807) is 6.07 Å². The van der Waals surface area contributed by atoms with Gasteiger partial charge in [-0.05, 0) is 30.5 Å². The number of aryl methyl sites for hydroxylation is 1. The van der Waals surface area contributed by atoms with E-state index < -0.39 is 5.97 Å². The smallest absolute Gasteiger partial charge is 0.303 e. The zero-order chi connectivity index (χ0) is 23.0. The molecule has 0 amide bonds. The van der Waals surface area contributed by atoms with Crippen LogP contribution in [0, 0.1) is 5.41 Å². The summed E-state index contributed by atoms with van der Waals surface area (Å²) < 4.78 is 16.1. The Bertz CT molecular complexity index is 1100. The molecular weight excluding hydrogens is 424 g/mol. The van der Waals surface area contributed by atoms with Crippen molar-refractivity contribution in [3.05, 3.63) is 71.4 Å². The number of benzene rings is 2. The van der Waals surface area contributed by atoms with Crippen LogP contribution in [-0.4, -0.2) is 40.4 Å². The quantitative estimate of drug-likeness (QED) is 0.230. The first kappa shape index (κ1) is 22.3. The van der Waals surface area contributed by atoms with Crippen LogP contribution in [0.15, 0.2) is 53.1 Å². The summed E-state index contributed by atoms with van der Waals surface area (Å²) in [5.41, 5.74) is 1.69. The minimum Gasteiger partial charge on any atom is -0.481 e. The van der Waals surface area contributed by atoms with Gasteiger partial charge in [0.1, 0.15) is 5.84 Å². The summed E-state index contributed by atoms with van der Waals surface area (Å²) in [6.07, 6.45) is 2.62. The zero-order valence-electron chi connectivity index (χ0n) is 18.1. The van der Waals surface area contributed by atoms with Crippen molar-refractivity contribution >= 4 is 11.8 Å². The molecule has 0 aliphatic carbocycles. The van der Waals surface area contributed by atoms with E-state index in [1.807, 2.05) is 42.5 Å². The number of amidine groups is 1. The summed E-state index contributed by atoms with van der Waals surface area (Å²) in [6.45, 7) is 0.849. The third kappa shape index (κ3) is 6.09. The van der Waals surface area contributed by atoms with Gasteiger partial charge >= 0.3 is 5.97 Å². The number of carbonyl (C=O) groups is 1. The van der Waals surface area contributed by atoms with Gasteiger partial charge in [0, 0.05) is 30.9 Å². The van der Waals surface area contributed by atoms with E-state index >= 15 is 0 Å². The third-order valence-corrected chi connectivity index (χ3v) is 5.41. The van der Waals surface area contributed by atoms with Crippen LogP contribution >= 0.6 is 0 Å². The average Bonchev–Trinajstić information content (AvgIpc) is 3.47. The van der Waals surface area contributed by atoms with Crippen LogP contribution in [0.3, 0.4) is 0 Å². The maximum Gasteiger partial charge on any atom is 0.303 e. The van der Waals surface area contributed by atoms with Crippen molar-refractivity contribution in [2.45, 2.75) is 38.0 Å². The normalized spacial score (nSPS) is 13.0. The van der Waals surface area contributed by atoms with Crippen LogP contribution in [0.1, 0.15) is 48.0 Å². The molecule has 2 aromatic carbocycles. The van der Waals surface area contributed by atoms with Crippen molar-refractivity contribution in [1.29, 1.82) is 5.41 Å². The number of carboxylic acids is 1. The summed E-state index contributed by atoms with van der Waals surface area (Å²) in [5, 5.41) is 24.6. The van der Waals surface area contributed by atoms with Crippen molar-refractivity contribution in [3.8, 4) is 11.5 Å². The number of aromatic nitrogens is 2. The molecular formula is C24H26N4O5. The number of ether oxygens (including phenoxy) is 2. The molecule has 1 aliphatic heterocycles. The van der Waals surface area contributed by atoms with Gasteiger partial charge in [-0.1, -0.05) is 41.6 Å². The number of nitrogens with zero attached hydrogens (tertiary/aromatic N) is 2. The Labute approximate surface area is 191 Å². The first-order valence-corrected chi connectivity index (χ1v) is 10.9. The maximum atomic E-state index is 11.4. The number of unbranched alkanes of at least 4 members (excludes halogenated alkanes) is 1. The topological polar surface area (TPSA) is 131 Å². The highest BCUT2D eigenvalue weighted by Gasteiger charge is 2.23. The van der Waals surface area contributed by atoms with Crippen molar-refractivity contribution in [2.75, 3.05) is 13.3 Å². The van der Waals surface area contributed by atoms with Gasteiger partial charge < -0.3 is 24.4 Å². The molecule has 0 saturated carbocycles. The predicted molar refractivity (Wildman–Crippen MR) is 120 cm³/mol. The number of hydrogen-bond donors (Lipinski definition) is 3. The molecule has 1 unspecified atom stereocenters.